The zero-order chi connectivity index (χ0) is 10.7. The maximum Gasteiger partial charge on any atom is 0.0103 e. The molecule has 1 heteroatoms. The van der Waals surface area contributed by atoms with E-state index in [0.29, 0.717) is 6.04 Å². The summed E-state index contributed by atoms with van der Waals surface area (Å²) in [6.07, 6.45) is 9.29. The lowest BCUT2D eigenvalue weighted by molar-refractivity contribution is 0.291. The van der Waals surface area contributed by atoms with Gasteiger partial charge in [0.2, 0.25) is 0 Å². The van der Waals surface area contributed by atoms with E-state index < -0.39 is 0 Å². The Morgan fingerprint density at radius 3 is 2.80 bits per heavy atom. The van der Waals surface area contributed by atoms with Crippen molar-refractivity contribution >= 4 is 0 Å². The largest absolute Gasteiger partial charge is 0.328 e. The van der Waals surface area contributed by atoms with Gasteiger partial charge in [0.15, 0.2) is 0 Å². The standard InChI is InChI=1S/C14H23N/c1-2-3-4-5-14(15)10-13-9-11-6-7-12(13)8-11/h11-14H,4-10,15H2,1H3. The summed E-state index contributed by atoms with van der Waals surface area (Å²) in [7, 11) is 0. The van der Waals surface area contributed by atoms with Crippen LogP contribution in [-0.4, -0.2) is 6.04 Å². The smallest absolute Gasteiger partial charge is 0.0103 e. The van der Waals surface area contributed by atoms with Gasteiger partial charge in [0.25, 0.3) is 0 Å². The first kappa shape index (κ1) is 11.0. The van der Waals surface area contributed by atoms with Gasteiger partial charge in [-0.25, -0.2) is 0 Å². The summed E-state index contributed by atoms with van der Waals surface area (Å²) >= 11 is 0. The van der Waals surface area contributed by atoms with E-state index in [1.807, 2.05) is 6.92 Å². The molecule has 0 spiro atoms. The number of hydrogen-bond acceptors (Lipinski definition) is 1. The molecule has 4 atom stereocenters. The fraction of sp³-hybridized carbons (Fsp3) is 0.857. The SMILES string of the molecule is CC#CCCC(N)CC1CC2CCC1C2. The van der Waals surface area contributed by atoms with Crippen molar-refractivity contribution in [3.05, 3.63) is 0 Å². The monoisotopic (exact) mass is 205 g/mol. The van der Waals surface area contributed by atoms with Crippen molar-refractivity contribution in [2.24, 2.45) is 23.5 Å². The first-order valence-corrected chi connectivity index (χ1v) is 6.44. The maximum atomic E-state index is 6.16. The van der Waals surface area contributed by atoms with Crippen LogP contribution in [0.2, 0.25) is 0 Å². The number of hydrogen-bond donors (Lipinski definition) is 1. The Balaban J connectivity index is 1.69. The molecule has 2 saturated carbocycles. The van der Waals surface area contributed by atoms with Crippen molar-refractivity contribution in [3.8, 4) is 11.8 Å². The van der Waals surface area contributed by atoms with Gasteiger partial charge < -0.3 is 5.73 Å². The van der Waals surface area contributed by atoms with Crippen LogP contribution in [0.1, 0.15) is 51.9 Å². The third kappa shape index (κ3) is 2.75. The molecule has 0 saturated heterocycles. The van der Waals surface area contributed by atoms with Crippen LogP contribution in [-0.2, 0) is 0 Å². The average molecular weight is 205 g/mol. The Kier molecular flexibility index (Phi) is 3.70. The Morgan fingerprint density at radius 2 is 2.20 bits per heavy atom. The Labute approximate surface area is 93.8 Å². The number of rotatable bonds is 4. The van der Waals surface area contributed by atoms with Gasteiger partial charge in [-0.2, -0.15) is 0 Å². The lowest BCUT2D eigenvalue weighted by atomic mass is 9.83. The van der Waals surface area contributed by atoms with Crippen molar-refractivity contribution in [2.75, 3.05) is 0 Å². The minimum absolute atomic E-state index is 0.398. The fourth-order valence-electron chi connectivity index (χ4n) is 3.55. The van der Waals surface area contributed by atoms with Crippen molar-refractivity contribution in [3.63, 3.8) is 0 Å². The van der Waals surface area contributed by atoms with E-state index in [1.165, 1.54) is 32.1 Å². The van der Waals surface area contributed by atoms with Crippen LogP contribution in [0.15, 0.2) is 0 Å². The quantitative estimate of drug-likeness (QED) is 0.702. The molecule has 2 rings (SSSR count). The van der Waals surface area contributed by atoms with Gasteiger partial charge >= 0.3 is 0 Å². The maximum absolute atomic E-state index is 6.16. The lowest BCUT2D eigenvalue weighted by Crippen LogP contribution is -2.25. The topological polar surface area (TPSA) is 26.0 Å². The van der Waals surface area contributed by atoms with Crippen molar-refractivity contribution in [1.29, 1.82) is 0 Å². The molecule has 15 heavy (non-hydrogen) atoms. The first-order chi connectivity index (χ1) is 7.29. The molecule has 2 aliphatic rings. The number of nitrogens with two attached hydrogens (primary N) is 1. The second-order valence-electron chi connectivity index (χ2n) is 5.40. The minimum Gasteiger partial charge on any atom is -0.328 e. The molecule has 2 N–H and O–H groups in total. The average Bonchev–Trinajstić information content (AvgIpc) is 2.79. The highest BCUT2D eigenvalue weighted by molar-refractivity contribution is 4.96. The van der Waals surface area contributed by atoms with Crippen LogP contribution in [0, 0.1) is 29.6 Å². The van der Waals surface area contributed by atoms with Crippen LogP contribution >= 0.6 is 0 Å². The van der Waals surface area contributed by atoms with Crippen LogP contribution < -0.4 is 5.73 Å². The van der Waals surface area contributed by atoms with E-state index in [1.54, 1.807) is 0 Å². The molecule has 2 bridgehead atoms. The predicted molar refractivity (Wildman–Crippen MR) is 64.2 cm³/mol. The Bertz CT molecular complexity index is 260. The third-order valence-electron chi connectivity index (χ3n) is 4.31. The van der Waals surface area contributed by atoms with Crippen molar-refractivity contribution in [2.45, 2.75) is 57.9 Å². The summed E-state index contributed by atoms with van der Waals surface area (Å²) in [4.78, 5) is 0. The van der Waals surface area contributed by atoms with E-state index >= 15 is 0 Å². The van der Waals surface area contributed by atoms with E-state index in [2.05, 4.69) is 11.8 Å². The van der Waals surface area contributed by atoms with Gasteiger partial charge in [-0.1, -0.05) is 6.42 Å². The summed E-state index contributed by atoms with van der Waals surface area (Å²) in [5, 5.41) is 0. The normalized spacial score (nSPS) is 34.9. The molecular formula is C14H23N. The molecule has 0 aromatic carbocycles. The molecular weight excluding hydrogens is 182 g/mol. The predicted octanol–water partition coefficient (Wildman–Crippen LogP) is 2.94. The van der Waals surface area contributed by atoms with Crippen molar-refractivity contribution < 1.29 is 0 Å². The zero-order valence-electron chi connectivity index (χ0n) is 9.84. The van der Waals surface area contributed by atoms with Crippen LogP contribution in [0.3, 0.4) is 0 Å². The van der Waals surface area contributed by atoms with E-state index in [4.69, 9.17) is 5.73 Å². The molecule has 0 amide bonds. The highest BCUT2D eigenvalue weighted by Crippen LogP contribution is 2.49. The lowest BCUT2D eigenvalue weighted by Gasteiger charge is -2.24. The van der Waals surface area contributed by atoms with Gasteiger partial charge in [-0.05, 0) is 56.8 Å². The van der Waals surface area contributed by atoms with Gasteiger partial charge in [0.05, 0.1) is 0 Å². The minimum atomic E-state index is 0.398. The van der Waals surface area contributed by atoms with E-state index in [9.17, 15) is 0 Å². The molecule has 1 nitrogen and oxygen atoms in total. The molecule has 0 aliphatic heterocycles. The van der Waals surface area contributed by atoms with Crippen LogP contribution in [0.25, 0.3) is 0 Å². The van der Waals surface area contributed by atoms with Crippen LogP contribution in [0.4, 0.5) is 0 Å². The molecule has 0 heterocycles. The van der Waals surface area contributed by atoms with Gasteiger partial charge in [-0.15, -0.1) is 11.8 Å². The highest BCUT2D eigenvalue weighted by atomic mass is 14.6. The third-order valence-corrected chi connectivity index (χ3v) is 4.31. The Morgan fingerprint density at radius 1 is 1.33 bits per heavy atom. The Hall–Kier alpha value is -0.480. The first-order valence-electron chi connectivity index (χ1n) is 6.44. The van der Waals surface area contributed by atoms with Crippen LogP contribution in [0.5, 0.6) is 0 Å². The summed E-state index contributed by atoms with van der Waals surface area (Å²) < 4.78 is 0. The second kappa shape index (κ2) is 5.03. The van der Waals surface area contributed by atoms with Gasteiger partial charge in [-0.3, -0.25) is 0 Å². The second-order valence-corrected chi connectivity index (χ2v) is 5.40. The van der Waals surface area contributed by atoms with E-state index in [0.717, 1.165) is 30.6 Å². The van der Waals surface area contributed by atoms with E-state index in [-0.39, 0.29) is 0 Å². The molecule has 0 aromatic rings. The van der Waals surface area contributed by atoms with Gasteiger partial charge in [0, 0.05) is 12.5 Å². The highest BCUT2D eigenvalue weighted by Gasteiger charge is 2.39. The molecule has 0 radical (unpaired) electrons. The molecule has 0 aromatic heterocycles. The molecule has 2 aliphatic carbocycles. The summed E-state index contributed by atoms with van der Waals surface area (Å²) in [6.45, 7) is 1.90. The fourth-order valence-corrected chi connectivity index (χ4v) is 3.55. The van der Waals surface area contributed by atoms with Crippen molar-refractivity contribution in [1.82, 2.24) is 0 Å². The zero-order valence-corrected chi connectivity index (χ0v) is 9.84. The number of fused-ring (bicyclic) bond motifs is 2. The molecule has 2 fully saturated rings. The molecule has 84 valence electrons. The van der Waals surface area contributed by atoms with Gasteiger partial charge in [0.1, 0.15) is 0 Å². The summed E-state index contributed by atoms with van der Waals surface area (Å²) in [5.41, 5.74) is 6.16. The molecule has 4 unspecified atom stereocenters. The summed E-state index contributed by atoms with van der Waals surface area (Å²) in [5.74, 6) is 9.08. The summed E-state index contributed by atoms with van der Waals surface area (Å²) in [6, 6.07) is 0.398.